The highest BCUT2D eigenvalue weighted by atomic mass is 79.9. The van der Waals surface area contributed by atoms with Crippen molar-refractivity contribution in [3.05, 3.63) is 34.4 Å². The number of ether oxygens (including phenoxy) is 1. The number of fused-ring (bicyclic) bond motifs is 1. The van der Waals surface area contributed by atoms with Gasteiger partial charge in [-0.05, 0) is 22.0 Å². The highest BCUT2D eigenvalue weighted by molar-refractivity contribution is 9.10. The standard InChI is InChI=1S/C11H10BrNO/c1-13-8-5-3-2-4-7(8)10(12)11(13)9-6-14-9/h2-5,9H,6H2,1H3/t9-/m1/s1. The first-order valence-electron chi connectivity index (χ1n) is 4.63. The highest BCUT2D eigenvalue weighted by Gasteiger charge is 2.31. The van der Waals surface area contributed by atoms with Gasteiger partial charge in [-0.2, -0.15) is 0 Å². The van der Waals surface area contributed by atoms with Crippen molar-refractivity contribution in [2.24, 2.45) is 7.05 Å². The van der Waals surface area contributed by atoms with Gasteiger partial charge in [0.2, 0.25) is 0 Å². The van der Waals surface area contributed by atoms with Crippen molar-refractivity contribution in [1.29, 1.82) is 0 Å². The van der Waals surface area contributed by atoms with Gasteiger partial charge in [-0.15, -0.1) is 0 Å². The molecule has 1 aromatic heterocycles. The van der Waals surface area contributed by atoms with Gasteiger partial charge in [0.1, 0.15) is 6.10 Å². The van der Waals surface area contributed by atoms with Gasteiger partial charge in [0, 0.05) is 22.4 Å². The maximum atomic E-state index is 5.33. The lowest BCUT2D eigenvalue weighted by Crippen LogP contribution is -1.94. The van der Waals surface area contributed by atoms with Crippen LogP contribution < -0.4 is 0 Å². The van der Waals surface area contributed by atoms with Crippen LogP contribution in [0.2, 0.25) is 0 Å². The van der Waals surface area contributed by atoms with E-state index < -0.39 is 0 Å². The molecule has 0 aliphatic carbocycles. The van der Waals surface area contributed by atoms with Gasteiger partial charge < -0.3 is 9.30 Å². The molecule has 0 amide bonds. The Morgan fingerprint density at radius 2 is 2.14 bits per heavy atom. The summed E-state index contributed by atoms with van der Waals surface area (Å²) in [4.78, 5) is 0. The number of rotatable bonds is 1. The SMILES string of the molecule is Cn1c([C@H]2CO2)c(Br)c2ccccc21. The Hall–Kier alpha value is -0.800. The molecular weight excluding hydrogens is 242 g/mol. The molecule has 0 spiro atoms. The largest absolute Gasteiger partial charge is 0.366 e. The number of hydrogen-bond acceptors (Lipinski definition) is 1. The van der Waals surface area contributed by atoms with Crippen molar-refractivity contribution in [3.8, 4) is 0 Å². The van der Waals surface area contributed by atoms with Gasteiger partial charge >= 0.3 is 0 Å². The normalized spacial score (nSPS) is 20.3. The van der Waals surface area contributed by atoms with Crippen LogP contribution in [0.4, 0.5) is 0 Å². The molecule has 1 aromatic carbocycles. The van der Waals surface area contributed by atoms with Crippen molar-refractivity contribution >= 4 is 26.8 Å². The van der Waals surface area contributed by atoms with E-state index >= 15 is 0 Å². The van der Waals surface area contributed by atoms with Crippen LogP contribution in [0, 0.1) is 0 Å². The highest BCUT2D eigenvalue weighted by Crippen LogP contribution is 2.40. The first-order valence-corrected chi connectivity index (χ1v) is 5.43. The summed E-state index contributed by atoms with van der Waals surface area (Å²) in [6, 6.07) is 8.38. The number of hydrogen-bond donors (Lipinski definition) is 0. The van der Waals surface area contributed by atoms with Crippen molar-refractivity contribution in [1.82, 2.24) is 4.57 Å². The second-order valence-electron chi connectivity index (χ2n) is 3.60. The monoisotopic (exact) mass is 251 g/mol. The molecule has 1 fully saturated rings. The summed E-state index contributed by atoms with van der Waals surface area (Å²) in [5.41, 5.74) is 2.51. The third kappa shape index (κ3) is 1.06. The van der Waals surface area contributed by atoms with E-state index in [-0.39, 0.29) is 0 Å². The minimum absolute atomic E-state index is 0.293. The molecule has 1 aliphatic heterocycles. The minimum Gasteiger partial charge on any atom is -0.366 e. The maximum Gasteiger partial charge on any atom is 0.122 e. The number of aromatic nitrogens is 1. The number of benzene rings is 1. The van der Waals surface area contributed by atoms with Crippen LogP contribution in [0.3, 0.4) is 0 Å². The number of epoxide rings is 1. The summed E-state index contributed by atoms with van der Waals surface area (Å²) in [5.74, 6) is 0. The third-order valence-corrected chi connectivity index (χ3v) is 3.56. The van der Waals surface area contributed by atoms with Gasteiger partial charge in [-0.25, -0.2) is 0 Å². The average molecular weight is 252 g/mol. The first-order chi connectivity index (χ1) is 6.79. The molecular formula is C11H10BrNO. The molecule has 1 saturated heterocycles. The Bertz CT molecular complexity index is 460. The van der Waals surface area contributed by atoms with Crippen LogP contribution in [0.25, 0.3) is 10.9 Å². The molecule has 0 radical (unpaired) electrons. The second-order valence-corrected chi connectivity index (χ2v) is 4.39. The van der Waals surface area contributed by atoms with Gasteiger partial charge in [-0.3, -0.25) is 0 Å². The van der Waals surface area contributed by atoms with E-state index in [0.29, 0.717) is 6.10 Å². The Morgan fingerprint density at radius 3 is 2.79 bits per heavy atom. The Labute approximate surface area is 90.6 Å². The summed E-state index contributed by atoms with van der Waals surface area (Å²) < 4.78 is 8.72. The van der Waals surface area contributed by atoms with E-state index in [9.17, 15) is 0 Å². The average Bonchev–Trinajstić information content (AvgIpc) is 2.99. The van der Waals surface area contributed by atoms with Crippen LogP contribution in [0.15, 0.2) is 28.7 Å². The summed E-state index contributed by atoms with van der Waals surface area (Å²) in [6.07, 6.45) is 0.293. The van der Waals surface area contributed by atoms with Gasteiger partial charge in [0.25, 0.3) is 0 Å². The minimum atomic E-state index is 0.293. The molecule has 0 unspecified atom stereocenters. The molecule has 1 aliphatic rings. The topological polar surface area (TPSA) is 17.5 Å². The van der Waals surface area contributed by atoms with Crippen LogP contribution in [0.1, 0.15) is 11.8 Å². The number of para-hydroxylation sites is 1. The van der Waals surface area contributed by atoms with Crippen LogP contribution in [0.5, 0.6) is 0 Å². The molecule has 1 atom stereocenters. The summed E-state index contributed by atoms with van der Waals surface area (Å²) in [7, 11) is 2.09. The molecule has 72 valence electrons. The number of aryl methyl sites for hydroxylation is 1. The fourth-order valence-corrected chi connectivity index (χ4v) is 2.79. The van der Waals surface area contributed by atoms with Gasteiger partial charge in [0.15, 0.2) is 0 Å². The zero-order valence-corrected chi connectivity index (χ0v) is 9.41. The molecule has 0 bridgehead atoms. The van der Waals surface area contributed by atoms with E-state index in [1.807, 2.05) is 0 Å². The van der Waals surface area contributed by atoms with Crippen LogP contribution in [-0.2, 0) is 11.8 Å². The Kier molecular flexibility index (Phi) is 1.73. The fourth-order valence-electron chi connectivity index (χ4n) is 1.93. The molecule has 2 aromatic rings. The number of halogens is 1. The molecule has 2 nitrogen and oxygen atoms in total. The van der Waals surface area contributed by atoms with E-state index in [2.05, 4.69) is 51.8 Å². The van der Waals surface area contributed by atoms with Gasteiger partial charge in [0.05, 0.1) is 12.3 Å². The lowest BCUT2D eigenvalue weighted by molar-refractivity contribution is 0.407. The molecule has 14 heavy (non-hydrogen) atoms. The van der Waals surface area contributed by atoms with Gasteiger partial charge in [-0.1, -0.05) is 18.2 Å². The summed E-state index contributed by atoms with van der Waals surface area (Å²) in [5, 5.41) is 1.26. The molecule has 0 saturated carbocycles. The molecule has 2 heterocycles. The first kappa shape index (κ1) is 8.50. The van der Waals surface area contributed by atoms with Crippen LogP contribution >= 0.6 is 15.9 Å². The van der Waals surface area contributed by atoms with E-state index in [1.54, 1.807) is 0 Å². The lowest BCUT2D eigenvalue weighted by atomic mass is 10.2. The summed E-state index contributed by atoms with van der Waals surface area (Å²) >= 11 is 3.64. The smallest absolute Gasteiger partial charge is 0.122 e. The molecule has 3 heteroatoms. The zero-order valence-electron chi connectivity index (χ0n) is 7.83. The quantitative estimate of drug-likeness (QED) is 0.713. The second kappa shape index (κ2) is 2.84. The van der Waals surface area contributed by atoms with E-state index in [0.717, 1.165) is 6.61 Å². The van der Waals surface area contributed by atoms with Crippen molar-refractivity contribution < 1.29 is 4.74 Å². The van der Waals surface area contributed by atoms with E-state index in [1.165, 1.54) is 21.1 Å². The molecule has 3 rings (SSSR count). The zero-order chi connectivity index (χ0) is 9.71. The van der Waals surface area contributed by atoms with Crippen molar-refractivity contribution in [2.75, 3.05) is 6.61 Å². The lowest BCUT2D eigenvalue weighted by Gasteiger charge is -1.99. The number of nitrogens with zero attached hydrogens (tertiary/aromatic N) is 1. The van der Waals surface area contributed by atoms with Crippen LogP contribution in [-0.4, -0.2) is 11.2 Å². The maximum absolute atomic E-state index is 5.33. The molecule has 0 N–H and O–H groups in total. The summed E-state index contributed by atoms with van der Waals surface area (Å²) in [6.45, 7) is 0.850. The Balaban J connectivity index is 2.38. The predicted molar refractivity (Wildman–Crippen MR) is 59.3 cm³/mol. The third-order valence-electron chi connectivity index (χ3n) is 2.73. The van der Waals surface area contributed by atoms with E-state index in [4.69, 9.17) is 4.74 Å². The van der Waals surface area contributed by atoms with Crippen molar-refractivity contribution in [2.45, 2.75) is 6.10 Å². The Morgan fingerprint density at radius 1 is 1.43 bits per heavy atom. The fraction of sp³-hybridized carbons (Fsp3) is 0.273. The van der Waals surface area contributed by atoms with Crippen molar-refractivity contribution in [3.63, 3.8) is 0 Å². The predicted octanol–water partition coefficient (Wildman–Crippen LogP) is 3.01.